The molecule has 0 aliphatic carbocycles. The van der Waals surface area contributed by atoms with Gasteiger partial charge in [0.15, 0.2) is 11.5 Å². The first-order valence-electron chi connectivity index (χ1n) is 10.0. The summed E-state index contributed by atoms with van der Waals surface area (Å²) in [6.45, 7) is 4.52. The maximum Gasteiger partial charge on any atom is 0.451 e. The molecule has 1 aromatic carbocycles. The summed E-state index contributed by atoms with van der Waals surface area (Å²) in [6, 6.07) is 6.44. The standard InChI is InChI=1S/C20H27F3N4O3S/c1-3-4-5-6-7-8-13-29-16-10-9-15(2)14-17(16)30-31(28)27-26-18-11-12-24-19(25-18)20(21,22)23/h9-12,14,27H,3-8,13H2,1-2H3,(H,24,25,26). The Morgan fingerprint density at radius 2 is 1.81 bits per heavy atom. The Bertz CT molecular complexity index is 853. The third-order valence-corrected chi connectivity index (χ3v) is 4.79. The van der Waals surface area contributed by atoms with Crippen LogP contribution in [0.25, 0.3) is 0 Å². The molecule has 0 aliphatic rings. The number of hydrogen-bond donors (Lipinski definition) is 2. The molecule has 0 amide bonds. The van der Waals surface area contributed by atoms with E-state index in [1.165, 1.54) is 25.3 Å². The van der Waals surface area contributed by atoms with E-state index in [0.717, 1.165) is 31.0 Å². The molecule has 172 valence electrons. The van der Waals surface area contributed by atoms with Crippen molar-refractivity contribution in [3.05, 3.63) is 41.9 Å². The van der Waals surface area contributed by atoms with E-state index in [-0.39, 0.29) is 11.6 Å². The highest BCUT2D eigenvalue weighted by atomic mass is 32.2. The molecule has 0 saturated heterocycles. The van der Waals surface area contributed by atoms with Crippen molar-refractivity contribution in [3.8, 4) is 11.5 Å². The number of ether oxygens (including phenoxy) is 1. The Labute approximate surface area is 182 Å². The molecule has 1 aromatic heterocycles. The lowest BCUT2D eigenvalue weighted by Gasteiger charge is -2.13. The molecule has 11 heteroatoms. The normalized spacial score (nSPS) is 12.4. The SMILES string of the molecule is CCCCCCCCOc1ccc(C)cc1OS(=O)NNc1ccnc(C(F)(F)F)n1. The molecule has 2 aromatic rings. The zero-order chi connectivity index (χ0) is 22.7. The molecule has 31 heavy (non-hydrogen) atoms. The summed E-state index contributed by atoms with van der Waals surface area (Å²) in [5, 5.41) is 0. The van der Waals surface area contributed by atoms with Gasteiger partial charge >= 0.3 is 17.4 Å². The Kier molecular flexibility index (Phi) is 9.99. The predicted octanol–water partition coefficient (Wildman–Crippen LogP) is 5.12. The molecule has 0 aliphatic heterocycles. The predicted molar refractivity (Wildman–Crippen MR) is 113 cm³/mol. The summed E-state index contributed by atoms with van der Waals surface area (Å²) >= 11 is -2.11. The first-order chi connectivity index (χ1) is 14.8. The smallest absolute Gasteiger partial charge is 0.451 e. The van der Waals surface area contributed by atoms with E-state index < -0.39 is 23.3 Å². The number of nitrogens with zero attached hydrogens (tertiary/aromatic N) is 2. The molecule has 2 rings (SSSR count). The van der Waals surface area contributed by atoms with E-state index in [1.54, 1.807) is 12.1 Å². The Balaban J connectivity index is 1.87. The fourth-order valence-electron chi connectivity index (χ4n) is 2.63. The molecule has 0 spiro atoms. The van der Waals surface area contributed by atoms with Gasteiger partial charge in [-0.1, -0.05) is 45.1 Å². The van der Waals surface area contributed by atoms with Crippen molar-refractivity contribution < 1.29 is 26.3 Å². The fraction of sp³-hybridized carbons (Fsp3) is 0.500. The van der Waals surface area contributed by atoms with E-state index in [4.69, 9.17) is 8.92 Å². The van der Waals surface area contributed by atoms with Gasteiger partial charge in [-0.3, -0.25) is 5.43 Å². The monoisotopic (exact) mass is 460 g/mol. The number of benzene rings is 1. The highest BCUT2D eigenvalue weighted by molar-refractivity contribution is 7.78. The summed E-state index contributed by atoms with van der Waals surface area (Å²) in [4.78, 5) is 8.72. The molecule has 1 unspecified atom stereocenters. The number of aromatic nitrogens is 2. The summed E-state index contributed by atoms with van der Waals surface area (Å²) in [7, 11) is 0. The number of rotatable bonds is 13. The molecule has 0 radical (unpaired) electrons. The third kappa shape index (κ3) is 9.09. The summed E-state index contributed by atoms with van der Waals surface area (Å²) in [5.41, 5.74) is 3.19. The van der Waals surface area contributed by atoms with Crippen LogP contribution in [-0.4, -0.2) is 20.8 Å². The van der Waals surface area contributed by atoms with Crippen LogP contribution in [0, 0.1) is 6.92 Å². The zero-order valence-corrected chi connectivity index (χ0v) is 18.3. The zero-order valence-electron chi connectivity index (χ0n) is 17.5. The molecular weight excluding hydrogens is 433 g/mol. The topological polar surface area (TPSA) is 85.4 Å². The molecule has 1 heterocycles. The van der Waals surface area contributed by atoms with Crippen LogP contribution in [0.1, 0.15) is 56.8 Å². The largest absolute Gasteiger partial charge is 0.490 e. The molecule has 7 nitrogen and oxygen atoms in total. The fourth-order valence-corrected chi connectivity index (χ4v) is 3.15. The van der Waals surface area contributed by atoms with Gasteiger partial charge in [-0.2, -0.15) is 17.4 Å². The maximum atomic E-state index is 12.7. The molecule has 1 atom stereocenters. The second-order valence-corrected chi connectivity index (χ2v) is 7.71. The molecule has 0 saturated carbocycles. The van der Waals surface area contributed by atoms with Gasteiger partial charge in [0.05, 0.1) is 6.61 Å². The average molecular weight is 461 g/mol. The number of hydrazine groups is 1. The van der Waals surface area contributed by atoms with Crippen LogP contribution < -0.4 is 19.2 Å². The Morgan fingerprint density at radius 1 is 1.06 bits per heavy atom. The van der Waals surface area contributed by atoms with Gasteiger partial charge in [-0.05, 0) is 31.0 Å². The minimum Gasteiger partial charge on any atom is -0.490 e. The van der Waals surface area contributed by atoms with Crippen LogP contribution in [-0.2, 0) is 17.4 Å². The number of halogens is 3. The van der Waals surface area contributed by atoms with Gasteiger partial charge in [-0.25, -0.2) is 9.97 Å². The number of unbranched alkanes of at least 4 members (excludes halogenated alkanes) is 5. The van der Waals surface area contributed by atoms with E-state index in [2.05, 4.69) is 27.1 Å². The second kappa shape index (κ2) is 12.5. The minimum absolute atomic E-state index is 0.205. The van der Waals surface area contributed by atoms with Crippen LogP contribution in [0.5, 0.6) is 11.5 Å². The molecule has 2 N–H and O–H groups in total. The quantitative estimate of drug-likeness (QED) is 0.319. The maximum absolute atomic E-state index is 12.7. The van der Waals surface area contributed by atoms with E-state index in [9.17, 15) is 17.4 Å². The molecular formula is C20H27F3N4O3S. The number of hydrogen-bond acceptors (Lipinski definition) is 6. The Hall–Kier alpha value is -2.40. The minimum atomic E-state index is -4.68. The van der Waals surface area contributed by atoms with Gasteiger partial charge in [0, 0.05) is 12.3 Å². The van der Waals surface area contributed by atoms with Gasteiger partial charge in [0.25, 0.3) is 0 Å². The van der Waals surface area contributed by atoms with Crippen molar-refractivity contribution >= 4 is 17.1 Å². The molecule has 0 bridgehead atoms. The number of alkyl halides is 3. The average Bonchev–Trinajstić information content (AvgIpc) is 2.72. The first-order valence-corrected chi connectivity index (χ1v) is 11.1. The molecule has 0 fully saturated rings. The summed E-state index contributed by atoms with van der Waals surface area (Å²) < 4.78 is 61.3. The first kappa shape index (κ1) is 24.9. The van der Waals surface area contributed by atoms with Crippen LogP contribution in [0.4, 0.5) is 19.0 Å². The number of aryl methyl sites for hydroxylation is 1. The highest BCUT2D eigenvalue weighted by Gasteiger charge is 2.34. The van der Waals surface area contributed by atoms with Crippen molar-refractivity contribution in [1.82, 2.24) is 14.8 Å². The van der Waals surface area contributed by atoms with Crippen LogP contribution in [0.15, 0.2) is 30.5 Å². The van der Waals surface area contributed by atoms with Crippen LogP contribution in [0.3, 0.4) is 0 Å². The van der Waals surface area contributed by atoms with E-state index in [1.807, 2.05) is 13.0 Å². The third-order valence-electron chi connectivity index (χ3n) is 4.19. The van der Waals surface area contributed by atoms with Gasteiger partial charge < -0.3 is 8.92 Å². The van der Waals surface area contributed by atoms with Crippen LogP contribution >= 0.6 is 0 Å². The van der Waals surface area contributed by atoms with Gasteiger partial charge in [0.1, 0.15) is 5.82 Å². The van der Waals surface area contributed by atoms with E-state index in [0.29, 0.717) is 12.4 Å². The van der Waals surface area contributed by atoms with Crippen LogP contribution in [0.2, 0.25) is 0 Å². The van der Waals surface area contributed by atoms with Crippen molar-refractivity contribution in [2.75, 3.05) is 12.0 Å². The lowest BCUT2D eigenvalue weighted by atomic mass is 10.1. The summed E-state index contributed by atoms with van der Waals surface area (Å²) in [6.07, 6.45) is 3.03. The van der Waals surface area contributed by atoms with E-state index >= 15 is 0 Å². The van der Waals surface area contributed by atoms with Crippen molar-refractivity contribution in [1.29, 1.82) is 0 Å². The van der Waals surface area contributed by atoms with Crippen molar-refractivity contribution in [2.45, 2.75) is 58.5 Å². The lowest BCUT2D eigenvalue weighted by molar-refractivity contribution is -0.144. The number of nitrogens with one attached hydrogen (secondary N) is 2. The Morgan fingerprint density at radius 3 is 2.55 bits per heavy atom. The van der Waals surface area contributed by atoms with Crippen molar-refractivity contribution in [2.24, 2.45) is 0 Å². The lowest BCUT2D eigenvalue weighted by Crippen LogP contribution is -2.28. The van der Waals surface area contributed by atoms with Gasteiger partial charge in [-0.15, -0.1) is 4.83 Å². The summed E-state index contributed by atoms with van der Waals surface area (Å²) in [5.74, 6) is -0.814. The number of anilines is 1. The second-order valence-electron chi connectivity index (χ2n) is 6.87. The van der Waals surface area contributed by atoms with Crippen molar-refractivity contribution in [3.63, 3.8) is 0 Å². The highest BCUT2D eigenvalue weighted by Crippen LogP contribution is 2.29. The van der Waals surface area contributed by atoms with Gasteiger partial charge in [0.2, 0.25) is 5.82 Å².